The molecule has 0 fully saturated rings. The topological polar surface area (TPSA) is 90.8 Å². The molecule has 1 aromatic carbocycles. The third-order valence-corrected chi connectivity index (χ3v) is 2.85. The molecule has 0 aliphatic heterocycles. The number of aromatic nitrogens is 2. The molecule has 1 atom stereocenters. The van der Waals surface area contributed by atoms with Gasteiger partial charge in [-0.1, -0.05) is 6.07 Å². The van der Waals surface area contributed by atoms with Crippen molar-refractivity contribution in [3.8, 4) is 17.5 Å². The number of methoxy groups -OCH3 is 1. The molecule has 21 heavy (non-hydrogen) atoms. The molecule has 2 rings (SSSR count). The van der Waals surface area contributed by atoms with Crippen LogP contribution in [0.25, 0.3) is 0 Å². The Morgan fingerprint density at radius 3 is 2.67 bits per heavy atom. The van der Waals surface area contributed by atoms with Crippen LogP contribution in [0.5, 0.6) is 17.5 Å². The van der Waals surface area contributed by atoms with E-state index in [1.54, 1.807) is 12.1 Å². The Morgan fingerprint density at radius 1 is 1.19 bits per heavy atom. The van der Waals surface area contributed by atoms with E-state index in [9.17, 15) is 4.57 Å². The van der Waals surface area contributed by atoms with Gasteiger partial charge in [0.15, 0.2) is 0 Å². The van der Waals surface area contributed by atoms with Gasteiger partial charge in [0.1, 0.15) is 18.7 Å². The van der Waals surface area contributed by atoms with Crippen molar-refractivity contribution < 1.29 is 23.5 Å². The van der Waals surface area contributed by atoms with E-state index >= 15 is 0 Å². The van der Waals surface area contributed by atoms with Crippen molar-refractivity contribution in [2.45, 2.75) is 13.5 Å². The van der Waals surface area contributed by atoms with Gasteiger partial charge in [0.05, 0.1) is 13.2 Å². The van der Waals surface area contributed by atoms with Gasteiger partial charge in [0, 0.05) is 4.57 Å². The highest BCUT2D eigenvalue weighted by atomic mass is 31.1. The number of rotatable bonds is 6. The molecule has 1 heterocycles. The summed E-state index contributed by atoms with van der Waals surface area (Å²) in [4.78, 5) is 16.5. The van der Waals surface area contributed by atoms with E-state index in [0.717, 1.165) is 11.1 Å². The molecule has 0 radical (unpaired) electrons. The minimum Gasteiger partial charge on any atom is -0.481 e. The zero-order valence-corrected chi connectivity index (χ0v) is 12.4. The van der Waals surface area contributed by atoms with Crippen molar-refractivity contribution >= 4 is 8.25 Å². The van der Waals surface area contributed by atoms with Crippen LogP contribution in [0.1, 0.15) is 11.1 Å². The zero-order valence-electron chi connectivity index (χ0n) is 11.5. The maximum atomic E-state index is 10.6. The second-order valence-corrected chi connectivity index (χ2v) is 4.90. The first-order valence-corrected chi connectivity index (χ1v) is 7.13. The van der Waals surface area contributed by atoms with Gasteiger partial charge >= 0.3 is 8.25 Å². The van der Waals surface area contributed by atoms with Gasteiger partial charge < -0.3 is 9.47 Å². The minimum atomic E-state index is -2.63. The van der Waals surface area contributed by atoms with Crippen LogP contribution in [0.2, 0.25) is 0 Å². The number of aryl methyl sites for hydroxylation is 1. The first-order valence-electron chi connectivity index (χ1n) is 6.00. The van der Waals surface area contributed by atoms with Crippen molar-refractivity contribution in [2.24, 2.45) is 0 Å². The Balaban J connectivity index is 2.17. The molecule has 1 N–H and O–H groups in total. The summed E-state index contributed by atoms with van der Waals surface area (Å²) in [6, 6.07) is 6.92. The van der Waals surface area contributed by atoms with Crippen LogP contribution in [0.4, 0.5) is 0 Å². The highest BCUT2D eigenvalue weighted by Gasteiger charge is 2.13. The molecular weight excluding hydrogens is 295 g/mol. The van der Waals surface area contributed by atoms with Gasteiger partial charge in [-0.3, -0.25) is 0 Å². The van der Waals surface area contributed by atoms with Crippen LogP contribution in [0.3, 0.4) is 0 Å². The highest BCUT2D eigenvalue weighted by molar-refractivity contribution is 7.32. The monoisotopic (exact) mass is 309 g/mol. The lowest BCUT2D eigenvalue weighted by Crippen LogP contribution is -1.94. The maximum Gasteiger partial charge on any atom is 0.695 e. The standard InChI is InChI=1S/C13H13N2O5P/c1-9-3-10(7-19-21(16)17)5-11(4-9)20-13-6-12(18-2)14-8-15-13/h3-6,8H,7H2,1-2H3/p+1. The fraction of sp³-hybridized carbons (Fsp3) is 0.231. The summed E-state index contributed by atoms with van der Waals surface area (Å²) >= 11 is 0. The largest absolute Gasteiger partial charge is 0.695 e. The number of ether oxygens (including phenoxy) is 2. The molecule has 8 heteroatoms. The van der Waals surface area contributed by atoms with Crippen molar-refractivity contribution in [2.75, 3.05) is 7.11 Å². The van der Waals surface area contributed by atoms with Gasteiger partial charge in [-0.05, 0) is 30.2 Å². The molecule has 0 spiro atoms. The van der Waals surface area contributed by atoms with E-state index in [0.29, 0.717) is 17.5 Å². The van der Waals surface area contributed by atoms with E-state index < -0.39 is 8.25 Å². The van der Waals surface area contributed by atoms with E-state index in [1.165, 1.54) is 13.4 Å². The number of hydrogen-bond acceptors (Lipinski definition) is 6. The molecule has 2 aromatic rings. The summed E-state index contributed by atoms with van der Waals surface area (Å²) in [5, 5.41) is 0. The normalized spacial score (nSPS) is 11.1. The van der Waals surface area contributed by atoms with Crippen molar-refractivity contribution in [3.05, 3.63) is 41.7 Å². The van der Waals surface area contributed by atoms with Gasteiger partial charge in [-0.15, -0.1) is 9.42 Å². The molecule has 0 amide bonds. The summed E-state index contributed by atoms with van der Waals surface area (Å²) < 4.78 is 25.9. The van der Waals surface area contributed by atoms with Gasteiger partial charge in [0.2, 0.25) is 11.8 Å². The Labute approximate surface area is 122 Å². The average Bonchev–Trinajstić information content (AvgIpc) is 2.45. The quantitative estimate of drug-likeness (QED) is 0.820. The first kappa shape index (κ1) is 15.3. The summed E-state index contributed by atoms with van der Waals surface area (Å²) in [7, 11) is -1.12. The van der Waals surface area contributed by atoms with Gasteiger partial charge in [-0.25, -0.2) is 9.97 Å². The summed E-state index contributed by atoms with van der Waals surface area (Å²) in [5.74, 6) is 1.28. The van der Waals surface area contributed by atoms with Crippen molar-refractivity contribution in [1.29, 1.82) is 0 Å². The number of nitrogens with zero attached hydrogens (tertiary/aromatic N) is 2. The Kier molecular flexibility index (Phi) is 5.16. The van der Waals surface area contributed by atoms with Crippen LogP contribution in [0.15, 0.2) is 30.6 Å². The third kappa shape index (κ3) is 4.75. The van der Waals surface area contributed by atoms with E-state index in [1.807, 2.05) is 19.1 Å². The first-order chi connectivity index (χ1) is 10.1. The SMILES string of the molecule is COc1cc(Oc2cc(C)cc(CO[P+](=O)O)c2)ncn1. The third-order valence-electron chi connectivity index (χ3n) is 2.50. The molecule has 0 bridgehead atoms. The molecule has 1 unspecified atom stereocenters. The second kappa shape index (κ2) is 7.08. The zero-order chi connectivity index (χ0) is 15.2. The summed E-state index contributed by atoms with van der Waals surface area (Å²) in [6.07, 6.45) is 1.34. The van der Waals surface area contributed by atoms with Crippen molar-refractivity contribution in [3.63, 3.8) is 0 Å². The van der Waals surface area contributed by atoms with Gasteiger partial charge in [-0.2, -0.15) is 0 Å². The second-order valence-electron chi connectivity index (χ2n) is 4.17. The predicted molar refractivity (Wildman–Crippen MR) is 74.5 cm³/mol. The molecular formula is C13H14N2O5P+. The van der Waals surface area contributed by atoms with E-state index in [4.69, 9.17) is 14.4 Å². The summed E-state index contributed by atoms with van der Waals surface area (Å²) in [6.45, 7) is 1.91. The highest BCUT2D eigenvalue weighted by Crippen LogP contribution is 2.26. The van der Waals surface area contributed by atoms with E-state index in [-0.39, 0.29) is 6.61 Å². The van der Waals surface area contributed by atoms with Crippen molar-refractivity contribution in [1.82, 2.24) is 9.97 Å². The van der Waals surface area contributed by atoms with Crippen LogP contribution in [0, 0.1) is 6.92 Å². The van der Waals surface area contributed by atoms with Gasteiger partial charge in [0.25, 0.3) is 0 Å². The van der Waals surface area contributed by atoms with Crippen LogP contribution in [-0.4, -0.2) is 22.0 Å². The van der Waals surface area contributed by atoms with Crippen LogP contribution >= 0.6 is 8.25 Å². The fourth-order valence-corrected chi connectivity index (χ4v) is 1.97. The molecule has 1 aromatic heterocycles. The summed E-state index contributed by atoms with van der Waals surface area (Å²) in [5.41, 5.74) is 1.66. The number of hydrogen-bond donors (Lipinski definition) is 1. The Morgan fingerprint density at radius 2 is 1.95 bits per heavy atom. The molecule has 7 nitrogen and oxygen atoms in total. The molecule has 110 valence electrons. The fourth-order valence-electron chi connectivity index (χ4n) is 1.71. The maximum absolute atomic E-state index is 10.6. The lowest BCUT2D eigenvalue weighted by Gasteiger charge is -2.08. The number of benzene rings is 1. The smallest absolute Gasteiger partial charge is 0.481 e. The van der Waals surface area contributed by atoms with E-state index in [2.05, 4.69) is 14.5 Å². The van der Waals surface area contributed by atoms with Crippen LogP contribution < -0.4 is 9.47 Å². The molecule has 0 saturated carbocycles. The van der Waals surface area contributed by atoms with Crippen LogP contribution in [-0.2, 0) is 15.7 Å². The Bertz CT molecular complexity index is 650. The molecule has 0 saturated heterocycles. The predicted octanol–water partition coefficient (Wildman–Crippen LogP) is 2.75. The Hall–Kier alpha value is -2.08. The average molecular weight is 309 g/mol. The lowest BCUT2D eigenvalue weighted by atomic mass is 10.1. The lowest BCUT2D eigenvalue weighted by molar-refractivity contribution is 0.272. The molecule has 0 aliphatic rings. The molecule has 0 aliphatic carbocycles. The minimum absolute atomic E-state index is 0.0246.